The van der Waals surface area contributed by atoms with Gasteiger partial charge in [0.1, 0.15) is 0 Å². The van der Waals surface area contributed by atoms with Crippen LogP contribution in [-0.4, -0.2) is 27.8 Å². The van der Waals surface area contributed by atoms with Gasteiger partial charge in [0, 0.05) is 11.4 Å². The lowest BCUT2D eigenvalue weighted by Crippen LogP contribution is -2.05. The SMILES string of the molecule is CCOC(=O)c1ccc(Nc2nncc(Nc3cc(C)cc(C)c3)n2)cc1. The molecule has 0 bridgehead atoms. The summed E-state index contributed by atoms with van der Waals surface area (Å²) in [5.41, 5.74) is 4.51. The highest BCUT2D eigenvalue weighted by Crippen LogP contribution is 2.19. The number of ether oxygens (including phenoxy) is 1. The Balaban J connectivity index is 1.71. The fourth-order valence-electron chi connectivity index (χ4n) is 2.64. The first-order valence-electron chi connectivity index (χ1n) is 8.63. The summed E-state index contributed by atoms with van der Waals surface area (Å²) in [4.78, 5) is 16.1. The number of aryl methyl sites for hydroxylation is 2. The summed E-state index contributed by atoms with van der Waals surface area (Å²) in [7, 11) is 0. The molecule has 0 saturated carbocycles. The maximum Gasteiger partial charge on any atom is 0.338 e. The van der Waals surface area contributed by atoms with E-state index in [-0.39, 0.29) is 5.97 Å². The molecule has 1 heterocycles. The summed E-state index contributed by atoms with van der Waals surface area (Å²) < 4.78 is 4.97. The summed E-state index contributed by atoms with van der Waals surface area (Å²) in [6.07, 6.45) is 1.56. The zero-order valence-electron chi connectivity index (χ0n) is 15.5. The molecule has 0 unspecified atom stereocenters. The van der Waals surface area contributed by atoms with E-state index < -0.39 is 0 Å². The van der Waals surface area contributed by atoms with Crippen molar-refractivity contribution in [3.8, 4) is 0 Å². The molecule has 0 amide bonds. The maximum absolute atomic E-state index is 11.7. The molecule has 27 heavy (non-hydrogen) atoms. The van der Waals surface area contributed by atoms with Crippen molar-refractivity contribution in [1.29, 1.82) is 0 Å². The summed E-state index contributed by atoms with van der Waals surface area (Å²) in [5, 5.41) is 14.3. The molecule has 0 aliphatic heterocycles. The molecule has 7 nitrogen and oxygen atoms in total. The van der Waals surface area contributed by atoms with Gasteiger partial charge in [-0.3, -0.25) is 0 Å². The summed E-state index contributed by atoms with van der Waals surface area (Å²) in [5.74, 6) is 0.593. The lowest BCUT2D eigenvalue weighted by Gasteiger charge is -2.09. The highest BCUT2D eigenvalue weighted by Gasteiger charge is 2.07. The standard InChI is InChI=1S/C20H21N5O2/c1-4-27-19(26)15-5-7-16(8-6-15)23-20-24-18(12-21-25-20)22-17-10-13(2)9-14(3)11-17/h5-12H,4H2,1-3H3,(H2,22,23,24,25). The van der Waals surface area contributed by atoms with Crippen LogP contribution in [0.25, 0.3) is 0 Å². The molecule has 138 valence electrons. The first-order chi connectivity index (χ1) is 13.0. The predicted molar refractivity (Wildman–Crippen MR) is 105 cm³/mol. The Morgan fingerprint density at radius 1 is 1.00 bits per heavy atom. The monoisotopic (exact) mass is 363 g/mol. The molecule has 2 aromatic carbocycles. The van der Waals surface area contributed by atoms with Crippen molar-refractivity contribution in [2.45, 2.75) is 20.8 Å². The van der Waals surface area contributed by atoms with Crippen LogP contribution in [0.1, 0.15) is 28.4 Å². The van der Waals surface area contributed by atoms with Crippen LogP contribution in [0.5, 0.6) is 0 Å². The van der Waals surface area contributed by atoms with Crippen LogP contribution in [0.2, 0.25) is 0 Å². The Bertz CT molecular complexity index is 921. The summed E-state index contributed by atoms with van der Waals surface area (Å²) in [6.45, 7) is 6.21. The molecule has 0 radical (unpaired) electrons. The molecule has 0 aliphatic rings. The van der Waals surface area contributed by atoms with Crippen LogP contribution in [-0.2, 0) is 4.74 Å². The molecule has 3 aromatic rings. The minimum Gasteiger partial charge on any atom is -0.462 e. The van der Waals surface area contributed by atoms with Crippen LogP contribution in [0.3, 0.4) is 0 Å². The molecule has 0 saturated heterocycles. The Labute approximate surface area is 157 Å². The van der Waals surface area contributed by atoms with Gasteiger partial charge in [0.2, 0.25) is 5.95 Å². The molecule has 1 aromatic heterocycles. The number of nitrogens with zero attached hydrogens (tertiary/aromatic N) is 3. The number of esters is 1. The first kappa shape index (κ1) is 18.3. The number of aromatic nitrogens is 3. The number of benzene rings is 2. The van der Waals surface area contributed by atoms with Gasteiger partial charge in [-0.05, 0) is 68.3 Å². The molecule has 3 rings (SSSR count). The molecule has 2 N–H and O–H groups in total. The zero-order chi connectivity index (χ0) is 19.2. The highest BCUT2D eigenvalue weighted by molar-refractivity contribution is 5.89. The normalized spacial score (nSPS) is 10.3. The Hall–Kier alpha value is -3.48. The van der Waals surface area contributed by atoms with Gasteiger partial charge in [-0.15, -0.1) is 5.10 Å². The third-order valence-corrected chi connectivity index (χ3v) is 3.71. The van der Waals surface area contributed by atoms with Gasteiger partial charge in [0.05, 0.1) is 18.4 Å². The van der Waals surface area contributed by atoms with E-state index in [4.69, 9.17) is 4.74 Å². The number of rotatable bonds is 6. The van der Waals surface area contributed by atoms with Crippen molar-refractivity contribution in [2.24, 2.45) is 0 Å². The Kier molecular flexibility index (Phi) is 5.61. The van der Waals surface area contributed by atoms with Crippen molar-refractivity contribution in [1.82, 2.24) is 15.2 Å². The molecule has 0 fully saturated rings. The zero-order valence-corrected chi connectivity index (χ0v) is 15.5. The maximum atomic E-state index is 11.7. The summed E-state index contributed by atoms with van der Waals surface area (Å²) >= 11 is 0. The van der Waals surface area contributed by atoms with E-state index in [0.29, 0.717) is 23.9 Å². The second-order valence-corrected chi connectivity index (χ2v) is 6.09. The van der Waals surface area contributed by atoms with Gasteiger partial charge >= 0.3 is 5.97 Å². The quantitative estimate of drug-likeness (QED) is 0.636. The van der Waals surface area contributed by atoms with Gasteiger partial charge in [-0.25, -0.2) is 4.79 Å². The smallest absolute Gasteiger partial charge is 0.338 e. The average molecular weight is 363 g/mol. The second-order valence-electron chi connectivity index (χ2n) is 6.09. The number of anilines is 4. The largest absolute Gasteiger partial charge is 0.462 e. The van der Waals surface area contributed by atoms with Crippen LogP contribution in [0.15, 0.2) is 48.7 Å². The van der Waals surface area contributed by atoms with Gasteiger partial charge < -0.3 is 15.4 Å². The lowest BCUT2D eigenvalue weighted by molar-refractivity contribution is 0.0526. The molecule has 0 aliphatic carbocycles. The van der Waals surface area contributed by atoms with Gasteiger partial charge in [-0.2, -0.15) is 10.1 Å². The van der Waals surface area contributed by atoms with E-state index in [9.17, 15) is 4.79 Å². The van der Waals surface area contributed by atoms with Gasteiger partial charge in [0.25, 0.3) is 0 Å². The lowest BCUT2D eigenvalue weighted by atomic mass is 10.1. The minimum atomic E-state index is -0.346. The van der Waals surface area contributed by atoms with Gasteiger partial charge in [-0.1, -0.05) is 6.07 Å². The predicted octanol–water partition coefficient (Wildman–Crippen LogP) is 4.15. The van der Waals surface area contributed by atoms with Crippen molar-refractivity contribution in [3.05, 3.63) is 65.4 Å². The molecular weight excluding hydrogens is 342 g/mol. The fourth-order valence-corrected chi connectivity index (χ4v) is 2.64. The van der Waals surface area contributed by atoms with E-state index in [1.165, 1.54) is 11.1 Å². The minimum absolute atomic E-state index is 0.346. The Morgan fingerprint density at radius 3 is 2.37 bits per heavy atom. The Morgan fingerprint density at radius 2 is 1.70 bits per heavy atom. The molecule has 7 heteroatoms. The number of nitrogens with one attached hydrogen (secondary N) is 2. The van der Waals surface area contributed by atoms with E-state index >= 15 is 0 Å². The number of hydrogen-bond acceptors (Lipinski definition) is 7. The van der Waals surface area contributed by atoms with Crippen molar-refractivity contribution < 1.29 is 9.53 Å². The van der Waals surface area contributed by atoms with E-state index in [1.807, 2.05) is 26.0 Å². The van der Waals surface area contributed by atoms with Crippen LogP contribution in [0, 0.1) is 13.8 Å². The molecular formula is C20H21N5O2. The third-order valence-electron chi connectivity index (χ3n) is 3.71. The second kappa shape index (κ2) is 8.27. The van der Waals surface area contributed by atoms with Crippen molar-refractivity contribution in [2.75, 3.05) is 17.2 Å². The number of carbonyl (C=O) groups excluding carboxylic acids is 1. The van der Waals surface area contributed by atoms with Crippen molar-refractivity contribution in [3.63, 3.8) is 0 Å². The van der Waals surface area contributed by atoms with E-state index in [2.05, 4.69) is 31.9 Å². The molecule has 0 spiro atoms. The number of hydrogen-bond donors (Lipinski definition) is 2. The third kappa shape index (κ3) is 5.01. The van der Waals surface area contributed by atoms with E-state index in [0.717, 1.165) is 11.4 Å². The highest BCUT2D eigenvalue weighted by atomic mass is 16.5. The fraction of sp³-hybridized carbons (Fsp3) is 0.200. The number of carbonyl (C=O) groups is 1. The van der Waals surface area contributed by atoms with Crippen LogP contribution in [0.4, 0.5) is 23.1 Å². The summed E-state index contributed by atoms with van der Waals surface area (Å²) in [6, 6.07) is 13.1. The topological polar surface area (TPSA) is 89.0 Å². The first-order valence-corrected chi connectivity index (χ1v) is 8.63. The van der Waals surface area contributed by atoms with Crippen LogP contribution >= 0.6 is 0 Å². The van der Waals surface area contributed by atoms with E-state index in [1.54, 1.807) is 37.4 Å². The van der Waals surface area contributed by atoms with Crippen molar-refractivity contribution >= 4 is 29.1 Å². The average Bonchev–Trinajstić information content (AvgIpc) is 2.62. The van der Waals surface area contributed by atoms with Crippen LogP contribution < -0.4 is 10.6 Å². The molecule has 0 atom stereocenters. The van der Waals surface area contributed by atoms with Gasteiger partial charge in [0.15, 0.2) is 5.82 Å².